The number of nitrogens with one attached hydrogen (secondary N) is 2. The molecule has 0 aliphatic carbocycles. The van der Waals surface area contributed by atoms with Crippen molar-refractivity contribution in [3.05, 3.63) is 59.1 Å². The highest BCUT2D eigenvalue weighted by molar-refractivity contribution is 8.01. The summed E-state index contributed by atoms with van der Waals surface area (Å²) >= 11 is 7.46. The van der Waals surface area contributed by atoms with Crippen LogP contribution in [0.3, 0.4) is 0 Å². The zero-order chi connectivity index (χ0) is 23.2. The molecule has 164 valence electrons. The maximum Gasteiger partial charge on any atom is 0.331 e. The normalized spacial score (nSPS) is 11.6. The molecule has 0 aliphatic heterocycles. The molecule has 3 N–H and O–H groups in total. The Bertz CT molecular complexity index is 1020. The lowest BCUT2D eigenvalue weighted by atomic mass is 10.2. The Morgan fingerprint density at radius 1 is 1.06 bits per heavy atom. The third-order valence-electron chi connectivity index (χ3n) is 4.14. The Balaban J connectivity index is 2.01. The van der Waals surface area contributed by atoms with Crippen LogP contribution >= 0.6 is 23.4 Å². The second-order valence-corrected chi connectivity index (χ2v) is 9.17. The summed E-state index contributed by atoms with van der Waals surface area (Å²) in [6.07, 6.45) is 1.02. The summed E-state index contributed by atoms with van der Waals surface area (Å²) in [7, 11) is 1.52. The Morgan fingerprint density at radius 2 is 1.68 bits per heavy atom. The van der Waals surface area contributed by atoms with Crippen molar-refractivity contribution in [3.8, 4) is 5.75 Å². The van der Waals surface area contributed by atoms with Crippen LogP contribution < -0.4 is 15.4 Å². The quantitative estimate of drug-likeness (QED) is 0.383. The lowest BCUT2D eigenvalue weighted by Crippen LogP contribution is -2.33. The molecule has 0 saturated carbocycles. The van der Waals surface area contributed by atoms with E-state index < -0.39 is 16.6 Å². The number of methoxy groups -OCH3 is 1. The predicted molar refractivity (Wildman–Crippen MR) is 123 cm³/mol. The third-order valence-corrected chi connectivity index (χ3v) is 5.64. The van der Waals surface area contributed by atoms with Crippen molar-refractivity contribution in [2.24, 2.45) is 0 Å². The average Bonchev–Trinajstić information content (AvgIpc) is 2.69. The number of carboxylic acid groups (broad SMARTS) is 1. The number of carbonyl (C=O) groups excluding carboxylic acids is 2. The van der Waals surface area contributed by atoms with E-state index >= 15 is 0 Å². The molecule has 0 spiro atoms. The largest absolute Gasteiger partial charge is 0.495 e. The van der Waals surface area contributed by atoms with Gasteiger partial charge in [0.15, 0.2) is 0 Å². The van der Waals surface area contributed by atoms with Crippen molar-refractivity contribution in [1.82, 2.24) is 0 Å². The van der Waals surface area contributed by atoms with Gasteiger partial charge in [-0.05, 0) is 63.2 Å². The molecular weight excluding hydrogens is 440 g/mol. The number of thioether (sulfide) groups is 1. The molecule has 0 atom stereocenters. The van der Waals surface area contributed by atoms with Crippen LogP contribution in [0.2, 0.25) is 5.02 Å². The van der Waals surface area contributed by atoms with Crippen LogP contribution in [0.15, 0.2) is 59.0 Å². The van der Waals surface area contributed by atoms with Crippen molar-refractivity contribution in [2.75, 3.05) is 17.7 Å². The summed E-state index contributed by atoms with van der Waals surface area (Å²) in [6.45, 7) is 4.94. The van der Waals surface area contributed by atoms with E-state index in [2.05, 4.69) is 10.6 Å². The second-order valence-electron chi connectivity index (χ2n) is 7.06. The van der Waals surface area contributed by atoms with Gasteiger partial charge in [0.1, 0.15) is 5.75 Å². The number of aliphatic carboxylic acids is 1. The highest BCUT2D eigenvalue weighted by Gasteiger charge is 2.29. The average molecular weight is 463 g/mol. The van der Waals surface area contributed by atoms with E-state index in [0.29, 0.717) is 22.1 Å². The molecule has 9 heteroatoms. The first-order valence-corrected chi connectivity index (χ1v) is 10.4. The van der Waals surface area contributed by atoms with Gasteiger partial charge in [-0.3, -0.25) is 9.59 Å². The van der Waals surface area contributed by atoms with E-state index in [1.165, 1.54) is 25.8 Å². The van der Waals surface area contributed by atoms with E-state index in [-0.39, 0.29) is 11.5 Å². The molecule has 0 aromatic heterocycles. The Kier molecular flexibility index (Phi) is 8.13. The molecule has 0 radical (unpaired) electrons. The molecule has 31 heavy (non-hydrogen) atoms. The molecule has 2 aromatic carbocycles. The number of hydrogen-bond acceptors (Lipinski definition) is 5. The number of halogens is 1. The van der Waals surface area contributed by atoms with Gasteiger partial charge >= 0.3 is 5.97 Å². The number of hydrogen-bond donors (Lipinski definition) is 3. The van der Waals surface area contributed by atoms with Gasteiger partial charge in [-0.1, -0.05) is 11.6 Å². The van der Waals surface area contributed by atoms with Crippen molar-refractivity contribution in [2.45, 2.75) is 30.4 Å². The summed E-state index contributed by atoms with van der Waals surface area (Å²) in [4.78, 5) is 36.2. The lowest BCUT2D eigenvalue weighted by Gasteiger charge is -2.23. The van der Waals surface area contributed by atoms with E-state index in [1.54, 1.807) is 56.3 Å². The van der Waals surface area contributed by atoms with Gasteiger partial charge in [0.05, 0.1) is 16.9 Å². The van der Waals surface area contributed by atoms with Crippen LogP contribution in [0.4, 0.5) is 11.4 Å². The van der Waals surface area contributed by atoms with Crippen LogP contribution in [0.5, 0.6) is 5.75 Å². The molecule has 0 saturated heterocycles. The SMILES string of the molecule is COc1ccc(NC(=O)C(C)(C)Sc2ccc(NC(=O)/C=C(\C)C(=O)O)cc2)cc1Cl. The number of carboxylic acids is 1. The third kappa shape index (κ3) is 7.04. The molecule has 7 nitrogen and oxygen atoms in total. The van der Waals surface area contributed by atoms with Gasteiger partial charge in [-0.25, -0.2) is 4.79 Å². The van der Waals surface area contributed by atoms with E-state index in [9.17, 15) is 14.4 Å². The fourth-order valence-corrected chi connectivity index (χ4v) is 3.67. The summed E-state index contributed by atoms with van der Waals surface area (Å²) in [6, 6.07) is 11.9. The molecule has 0 aliphatic rings. The summed E-state index contributed by atoms with van der Waals surface area (Å²) in [5, 5.41) is 14.7. The molecule has 2 rings (SSSR count). The van der Waals surface area contributed by atoms with Crippen LogP contribution in [0.1, 0.15) is 20.8 Å². The first kappa shape index (κ1) is 24.3. The number of carbonyl (C=O) groups is 3. The molecular formula is C22H23ClN2O5S. The Hall–Kier alpha value is -2.97. The first-order chi connectivity index (χ1) is 14.5. The Labute approximate surface area is 189 Å². The summed E-state index contributed by atoms with van der Waals surface area (Å²) in [5.74, 6) is -1.36. The topological polar surface area (TPSA) is 105 Å². The van der Waals surface area contributed by atoms with Crippen LogP contribution in [-0.4, -0.2) is 34.7 Å². The van der Waals surface area contributed by atoms with E-state index in [4.69, 9.17) is 21.4 Å². The van der Waals surface area contributed by atoms with Gasteiger partial charge in [-0.15, -0.1) is 11.8 Å². The Morgan fingerprint density at radius 3 is 2.23 bits per heavy atom. The van der Waals surface area contributed by atoms with Gasteiger partial charge < -0.3 is 20.5 Å². The molecule has 0 heterocycles. The van der Waals surface area contributed by atoms with Crippen molar-refractivity contribution in [1.29, 1.82) is 0 Å². The van der Waals surface area contributed by atoms with Gasteiger partial charge in [0, 0.05) is 27.9 Å². The first-order valence-electron chi connectivity index (χ1n) is 9.18. The molecule has 2 amide bonds. The zero-order valence-electron chi connectivity index (χ0n) is 17.5. The molecule has 2 aromatic rings. The summed E-state index contributed by atoms with van der Waals surface area (Å²) < 4.78 is 4.32. The maximum absolute atomic E-state index is 12.8. The molecule has 0 fully saturated rings. The maximum atomic E-state index is 12.8. The fraction of sp³-hybridized carbons (Fsp3) is 0.227. The number of anilines is 2. The van der Waals surface area contributed by atoms with Gasteiger partial charge in [0.25, 0.3) is 0 Å². The van der Waals surface area contributed by atoms with Crippen LogP contribution in [0, 0.1) is 0 Å². The van der Waals surface area contributed by atoms with Crippen molar-refractivity contribution >= 4 is 52.5 Å². The van der Waals surface area contributed by atoms with E-state index in [0.717, 1.165) is 11.0 Å². The number of amides is 2. The molecule has 0 bridgehead atoms. The van der Waals surface area contributed by atoms with Gasteiger partial charge in [0.2, 0.25) is 11.8 Å². The van der Waals surface area contributed by atoms with Crippen molar-refractivity contribution < 1.29 is 24.2 Å². The number of benzene rings is 2. The van der Waals surface area contributed by atoms with Crippen LogP contribution in [-0.2, 0) is 14.4 Å². The lowest BCUT2D eigenvalue weighted by molar-refractivity contribution is -0.132. The predicted octanol–water partition coefficient (Wildman–Crippen LogP) is 4.83. The smallest absolute Gasteiger partial charge is 0.331 e. The molecule has 0 unspecified atom stereocenters. The van der Waals surface area contributed by atoms with E-state index in [1.807, 2.05) is 0 Å². The highest BCUT2D eigenvalue weighted by atomic mass is 35.5. The standard InChI is InChI=1S/C22H23ClN2O5S/c1-13(20(27)28)11-19(26)24-14-5-8-16(9-6-14)31-22(2,3)21(29)25-15-7-10-18(30-4)17(23)12-15/h5-12H,1-4H3,(H,24,26)(H,25,29)(H,27,28)/b13-11+. The minimum Gasteiger partial charge on any atom is -0.495 e. The monoisotopic (exact) mass is 462 g/mol. The van der Waals surface area contributed by atoms with Crippen molar-refractivity contribution in [3.63, 3.8) is 0 Å². The zero-order valence-corrected chi connectivity index (χ0v) is 19.1. The summed E-state index contributed by atoms with van der Waals surface area (Å²) in [5.41, 5.74) is 1.02. The number of rotatable bonds is 8. The second kappa shape index (κ2) is 10.4. The highest BCUT2D eigenvalue weighted by Crippen LogP contribution is 2.35. The fourth-order valence-electron chi connectivity index (χ4n) is 2.41. The minimum absolute atomic E-state index is 0.0596. The van der Waals surface area contributed by atoms with Crippen LogP contribution in [0.25, 0.3) is 0 Å². The van der Waals surface area contributed by atoms with Gasteiger partial charge in [-0.2, -0.15) is 0 Å². The number of ether oxygens (including phenoxy) is 1. The minimum atomic E-state index is -1.15.